The topological polar surface area (TPSA) is 100 Å². The van der Waals surface area contributed by atoms with E-state index in [2.05, 4.69) is 22.1 Å². The molecule has 2 aromatic heterocycles. The molecule has 4 N–H and O–H groups in total. The van der Waals surface area contributed by atoms with E-state index in [9.17, 15) is 4.39 Å². The molecule has 0 spiro atoms. The molecule has 2 aromatic carbocycles. The smallest absolute Gasteiger partial charge is 0.232 e. The van der Waals surface area contributed by atoms with Gasteiger partial charge in [-0.05, 0) is 30.4 Å². The van der Waals surface area contributed by atoms with Crippen LogP contribution in [0.15, 0.2) is 59.0 Å². The number of hydrogen-bond donors (Lipinski definition) is 2. The van der Waals surface area contributed by atoms with Gasteiger partial charge < -0.3 is 20.6 Å². The lowest BCUT2D eigenvalue weighted by atomic mass is 9.72. The monoisotopic (exact) mass is 432 g/mol. The van der Waals surface area contributed by atoms with Gasteiger partial charge in [-0.25, -0.2) is 9.37 Å². The molecule has 6 nitrogen and oxygen atoms in total. The van der Waals surface area contributed by atoms with Crippen molar-refractivity contribution in [2.45, 2.75) is 31.4 Å². The molecule has 0 amide bonds. The summed E-state index contributed by atoms with van der Waals surface area (Å²) in [4.78, 5) is 8.70. The number of nitrogens with zero attached hydrogens (tertiary/aromatic N) is 2. The number of nitrogen functional groups attached to an aromatic ring is 1. The number of alkyl halides is 1. The van der Waals surface area contributed by atoms with Gasteiger partial charge in [-0.2, -0.15) is 4.98 Å². The maximum atomic E-state index is 12.6. The van der Waals surface area contributed by atoms with E-state index in [-0.39, 0.29) is 24.7 Å². The number of aromatic nitrogens is 2. The number of ether oxygens (including phenoxy) is 1. The van der Waals surface area contributed by atoms with Gasteiger partial charge in [0.05, 0.1) is 24.3 Å². The Kier molecular flexibility index (Phi) is 5.36. The van der Waals surface area contributed by atoms with Crippen LogP contribution in [-0.4, -0.2) is 23.2 Å². The van der Waals surface area contributed by atoms with Crippen molar-refractivity contribution in [1.29, 1.82) is 0 Å². The fourth-order valence-corrected chi connectivity index (χ4v) is 4.30. The van der Waals surface area contributed by atoms with Crippen LogP contribution in [0.5, 0.6) is 0 Å². The Morgan fingerprint density at radius 1 is 1.00 bits per heavy atom. The Balaban J connectivity index is 1.67. The number of nitrogens with two attached hydrogens (primary N) is 2. The van der Waals surface area contributed by atoms with Crippen LogP contribution >= 0.6 is 0 Å². The minimum atomic E-state index is -0.569. The van der Waals surface area contributed by atoms with E-state index in [4.69, 9.17) is 20.6 Å². The van der Waals surface area contributed by atoms with Gasteiger partial charge >= 0.3 is 0 Å². The molecule has 0 unspecified atom stereocenters. The largest absolute Gasteiger partial charge is 0.437 e. The third-order valence-electron chi connectivity index (χ3n) is 6.13. The first-order chi connectivity index (χ1) is 15.6. The molecule has 1 aliphatic rings. The second-order valence-electron chi connectivity index (χ2n) is 8.21. The summed E-state index contributed by atoms with van der Waals surface area (Å²) in [5.41, 5.74) is 17.0. The van der Waals surface area contributed by atoms with Gasteiger partial charge in [0.15, 0.2) is 0 Å². The van der Waals surface area contributed by atoms with Crippen molar-refractivity contribution in [3.63, 3.8) is 0 Å². The second kappa shape index (κ2) is 8.33. The standard InChI is InChI=1S/C25H25FN4O2/c26-13-14-31-15-19-21-20(16-5-2-1-3-6-16)22(32-23(21)30-24(27)29-19)17-7-9-18(10-8-17)25(28)11-4-12-25/h1-3,5-10H,4,11-15,28H2,(H2,27,29,30). The lowest BCUT2D eigenvalue weighted by molar-refractivity contribution is 0.105. The number of halogens is 1. The van der Waals surface area contributed by atoms with Crippen LogP contribution in [0.1, 0.15) is 30.5 Å². The summed E-state index contributed by atoms with van der Waals surface area (Å²) in [6.45, 7) is -0.472. The van der Waals surface area contributed by atoms with E-state index < -0.39 is 6.67 Å². The number of rotatable bonds is 7. The van der Waals surface area contributed by atoms with Gasteiger partial charge in [0.25, 0.3) is 0 Å². The van der Waals surface area contributed by atoms with Gasteiger partial charge in [-0.15, -0.1) is 0 Å². The van der Waals surface area contributed by atoms with Crippen molar-refractivity contribution in [3.8, 4) is 22.5 Å². The van der Waals surface area contributed by atoms with Crippen molar-refractivity contribution < 1.29 is 13.5 Å². The molecule has 7 heteroatoms. The molecular formula is C25H25FN4O2. The molecule has 0 bridgehead atoms. The summed E-state index contributed by atoms with van der Waals surface area (Å²) in [5.74, 6) is 0.755. The average Bonchev–Trinajstić information content (AvgIpc) is 3.17. The van der Waals surface area contributed by atoms with Crippen LogP contribution in [0, 0.1) is 0 Å². The molecule has 164 valence electrons. The van der Waals surface area contributed by atoms with Gasteiger partial charge in [0, 0.05) is 16.7 Å². The predicted octanol–water partition coefficient (Wildman–Crippen LogP) is 4.96. The molecular weight excluding hydrogens is 407 g/mol. The van der Waals surface area contributed by atoms with Crippen LogP contribution in [-0.2, 0) is 16.9 Å². The molecule has 1 saturated carbocycles. The zero-order valence-corrected chi connectivity index (χ0v) is 17.7. The van der Waals surface area contributed by atoms with Crippen molar-refractivity contribution in [2.75, 3.05) is 19.0 Å². The minimum absolute atomic E-state index is 0.0148. The molecule has 0 aliphatic heterocycles. The summed E-state index contributed by atoms with van der Waals surface area (Å²) in [5, 5.41) is 0.720. The molecule has 1 aliphatic carbocycles. The minimum Gasteiger partial charge on any atom is -0.437 e. The van der Waals surface area contributed by atoms with Gasteiger partial charge in [0.1, 0.15) is 12.4 Å². The molecule has 2 heterocycles. The molecule has 0 radical (unpaired) electrons. The van der Waals surface area contributed by atoms with E-state index in [1.54, 1.807) is 0 Å². The van der Waals surface area contributed by atoms with Crippen molar-refractivity contribution >= 4 is 17.0 Å². The predicted molar refractivity (Wildman–Crippen MR) is 122 cm³/mol. The van der Waals surface area contributed by atoms with Gasteiger partial charge in [-0.1, -0.05) is 54.6 Å². The van der Waals surface area contributed by atoms with Crippen LogP contribution in [0.2, 0.25) is 0 Å². The summed E-state index contributed by atoms with van der Waals surface area (Å²) >= 11 is 0. The molecule has 0 atom stereocenters. The van der Waals surface area contributed by atoms with Crippen molar-refractivity contribution in [2.24, 2.45) is 5.73 Å². The molecule has 32 heavy (non-hydrogen) atoms. The first kappa shape index (κ1) is 20.6. The Bertz CT molecular complexity index is 1230. The number of hydrogen-bond acceptors (Lipinski definition) is 6. The lowest BCUT2D eigenvalue weighted by Gasteiger charge is -2.38. The van der Waals surface area contributed by atoms with Gasteiger partial charge in [-0.3, -0.25) is 0 Å². The summed E-state index contributed by atoms with van der Waals surface area (Å²) in [6.07, 6.45) is 3.17. The fraction of sp³-hybridized carbons (Fsp3) is 0.280. The quantitative estimate of drug-likeness (QED) is 0.400. The number of anilines is 1. The Labute approximate surface area is 185 Å². The van der Waals surface area contributed by atoms with Crippen molar-refractivity contribution in [3.05, 3.63) is 65.9 Å². The summed E-state index contributed by atoms with van der Waals surface area (Å²) in [7, 11) is 0. The van der Waals surface area contributed by atoms with Crippen molar-refractivity contribution in [1.82, 2.24) is 9.97 Å². The van der Waals surface area contributed by atoms with Crippen LogP contribution in [0.25, 0.3) is 33.6 Å². The highest BCUT2D eigenvalue weighted by atomic mass is 19.1. The third-order valence-corrected chi connectivity index (χ3v) is 6.13. The normalized spacial score (nSPS) is 15.1. The van der Waals surface area contributed by atoms with E-state index >= 15 is 0 Å². The van der Waals surface area contributed by atoms with E-state index in [0.717, 1.165) is 46.9 Å². The molecule has 4 aromatic rings. The third kappa shape index (κ3) is 3.63. The molecule has 1 fully saturated rings. The highest BCUT2D eigenvalue weighted by Crippen LogP contribution is 2.43. The highest BCUT2D eigenvalue weighted by Gasteiger charge is 2.34. The zero-order valence-electron chi connectivity index (χ0n) is 17.7. The first-order valence-electron chi connectivity index (χ1n) is 10.8. The fourth-order valence-electron chi connectivity index (χ4n) is 4.30. The average molecular weight is 432 g/mol. The summed E-state index contributed by atoms with van der Waals surface area (Å²) < 4.78 is 24.3. The van der Waals surface area contributed by atoms with Crippen LogP contribution in [0.3, 0.4) is 0 Å². The number of fused-ring (bicyclic) bond motifs is 1. The SMILES string of the molecule is Nc1nc(COCCF)c2c(-c3ccccc3)c(-c3ccc(C4(N)CCC4)cc3)oc2n1. The maximum absolute atomic E-state index is 12.6. The van der Waals surface area contributed by atoms with Gasteiger partial charge in [0.2, 0.25) is 11.7 Å². The number of furan rings is 1. The van der Waals surface area contributed by atoms with Crippen LogP contribution in [0.4, 0.5) is 10.3 Å². The van der Waals surface area contributed by atoms with Crippen LogP contribution < -0.4 is 11.5 Å². The Hall–Kier alpha value is -3.29. The Morgan fingerprint density at radius 3 is 2.41 bits per heavy atom. The molecule has 5 rings (SSSR count). The van der Waals surface area contributed by atoms with E-state index in [1.807, 2.05) is 42.5 Å². The maximum Gasteiger partial charge on any atom is 0.232 e. The zero-order chi connectivity index (χ0) is 22.1. The van der Waals surface area contributed by atoms with E-state index in [1.165, 1.54) is 0 Å². The second-order valence-corrected chi connectivity index (χ2v) is 8.21. The van der Waals surface area contributed by atoms with E-state index in [0.29, 0.717) is 17.2 Å². The lowest BCUT2D eigenvalue weighted by Crippen LogP contribution is -2.43. The first-order valence-corrected chi connectivity index (χ1v) is 10.8. The summed E-state index contributed by atoms with van der Waals surface area (Å²) in [6, 6.07) is 18.1. The number of benzene rings is 2. The highest BCUT2D eigenvalue weighted by molar-refractivity contribution is 6.02. The Morgan fingerprint density at radius 2 is 1.75 bits per heavy atom. The molecule has 0 saturated heterocycles.